The second kappa shape index (κ2) is 9.59. The normalized spacial score (nSPS) is 21.8. The summed E-state index contributed by atoms with van der Waals surface area (Å²) in [7, 11) is 0. The van der Waals surface area contributed by atoms with Crippen molar-refractivity contribution in [2.24, 2.45) is 17.6 Å². The van der Waals surface area contributed by atoms with Gasteiger partial charge in [-0.3, -0.25) is 4.79 Å². The maximum atomic E-state index is 12.4. The summed E-state index contributed by atoms with van der Waals surface area (Å²) in [6, 6.07) is 2.11. The number of phenols is 1. The van der Waals surface area contributed by atoms with Crippen LogP contribution in [0.5, 0.6) is 5.75 Å². The summed E-state index contributed by atoms with van der Waals surface area (Å²) >= 11 is 11.9. The van der Waals surface area contributed by atoms with Crippen LogP contribution < -0.4 is 5.73 Å². The number of halogens is 5. The van der Waals surface area contributed by atoms with Crippen molar-refractivity contribution in [1.82, 2.24) is 4.90 Å². The third-order valence-electron chi connectivity index (χ3n) is 5.10. The summed E-state index contributed by atoms with van der Waals surface area (Å²) in [5.41, 5.74) is 6.68. The van der Waals surface area contributed by atoms with Gasteiger partial charge in [-0.05, 0) is 24.3 Å². The minimum Gasteiger partial charge on any atom is -0.508 e. The van der Waals surface area contributed by atoms with Gasteiger partial charge >= 0.3 is 12.1 Å². The molecule has 1 aliphatic heterocycles. The van der Waals surface area contributed by atoms with Crippen LogP contribution in [-0.4, -0.2) is 59.0 Å². The topological polar surface area (TPSA) is 113 Å². The van der Waals surface area contributed by atoms with Crippen LogP contribution in [0.25, 0.3) is 0 Å². The number of carbonyl (C=O) groups is 2. The number of nitrogens with zero attached hydrogens (tertiary/aromatic N) is 1. The van der Waals surface area contributed by atoms with E-state index in [1.807, 2.05) is 0 Å². The van der Waals surface area contributed by atoms with Crippen molar-refractivity contribution < 1.29 is 37.7 Å². The number of benzene rings is 1. The Morgan fingerprint density at radius 3 is 2.47 bits per heavy atom. The number of alkyl halides is 3. The van der Waals surface area contributed by atoms with Crippen LogP contribution in [0.1, 0.15) is 24.9 Å². The van der Waals surface area contributed by atoms with Crippen molar-refractivity contribution in [2.75, 3.05) is 19.7 Å². The molecule has 1 fully saturated rings. The van der Waals surface area contributed by atoms with Gasteiger partial charge in [0.15, 0.2) is 0 Å². The van der Waals surface area contributed by atoms with Gasteiger partial charge in [0.05, 0.1) is 16.7 Å². The Hall–Kier alpha value is -1.75. The fourth-order valence-electron chi connectivity index (χ4n) is 3.51. The standard InChI is InChI=1S/C18H21Cl2F3N2O5/c1-8-6-25(16(28)14(7-26)30-17(29)18(21,22)23)3-2-9(8)15(24)10-4-11(19)12(20)5-13(10)27/h4-5,8-9,14-15,26-27H,2-3,6-7,24H2,1H3/t8-,9+,14-,15-/m1/s1. The number of carbonyl (C=O) groups excluding carboxylic acids is 2. The highest BCUT2D eigenvalue weighted by molar-refractivity contribution is 6.42. The third kappa shape index (κ3) is 5.48. The highest BCUT2D eigenvalue weighted by Crippen LogP contribution is 2.39. The van der Waals surface area contributed by atoms with E-state index < -0.39 is 36.8 Å². The predicted molar refractivity (Wildman–Crippen MR) is 102 cm³/mol. The minimum atomic E-state index is -5.28. The number of piperidine rings is 1. The summed E-state index contributed by atoms with van der Waals surface area (Å²) in [6.45, 7) is 0.933. The van der Waals surface area contributed by atoms with Gasteiger partial charge in [-0.1, -0.05) is 30.1 Å². The van der Waals surface area contributed by atoms with E-state index in [1.165, 1.54) is 17.0 Å². The number of ether oxygens (including phenoxy) is 1. The number of esters is 1. The molecule has 0 unspecified atom stereocenters. The highest BCUT2D eigenvalue weighted by Gasteiger charge is 2.44. The summed E-state index contributed by atoms with van der Waals surface area (Å²) in [5.74, 6) is -4.00. The minimum absolute atomic E-state index is 0.110. The Morgan fingerprint density at radius 2 is 1.93 bits per heavy atom. The molecule has 0 aromatic heterocycles. The van der Waals surface area contributed by atoms with Gasteiger partial charge in [0.25, 0.3) is 5.91 Å². The molecule has 30 heavy (non-hydrogen) atoms. The Labute approximate surface area is 180 Å². The molecule has 0 saturated carbocycles. The first-order valence-electron chi connectivity index (χ1n) is 8.97. The number of hydrogen-bond donors (Lipinski definition) is 3. The van der Waals surface area contributed by atoms with Gasteiger partial charge in [0.1, 0.15) is 5.75 Å². The number of aliphatic hydroxyl groups is 1. The SMILES string of the molecule is C[C@@H]1CN(C(=O)[C@@H](CO)OC(=O)C(F)(F)F)CC[C@@H]1[C@@H](N)c1cc(Cl)c(Cl)cc1O. The lowest BCUT2D eigenvalue weighted by atomic mass is 9.79. The summed E-state index contributed by atoms with van der Waals surface area (Å²) in [6.07, 6.45) is -6.86. The number of amides is 1. The first kappa shape index (κ1) is 24.5. The van der Waals surface area contributed by atoms with E-state index >= 15 is 0 Å². The Bertz CT molecular complexity index is 809. The van der Waals surface area contributed by atoms with E-state index in [2.05, 4.69) is 4.74 Å². The van der Waals surface area contributed by atoms with E-state index in [-0.39, 0.29) is 40.7 Å². The first-order chi connectivity index (χ1) is 13.9. The van der Waals surface area contributed by atoms with Crippen LogP contribution in [0.2, 0.25) is 10.0 Å². The Morgan fingerprint density at radius 1 is 1.33 bits per heavy atom. The largest absolute Gasteiger partial charge is 0.508 e. The molecule has 168 valence electrons. The average molecular weight is 473 g/mol. The van der Waals surface area contributed by atoms with Gasteiger partial charge in [-0.2, -0.15) is 13.2 Å². The lowest BCUT2D eigenvalue weighted by molar-refractivity contribution is -0.208. The van der Waals surface area contributed by atoms with Gasteiger partial charge < -0.3 is 25.6 Å². The second-order valence-corrected chi connectivity index (χ2v) is 7.95. The van der Waals surface area contributed by atoms with E-state index in [1.54, 1.807) is 6.92 Å². The van der Waals surface area contributed by atoms with Crippen molar-refractivity contribution in [1.29, 1.82) is 0 Å². The highest BCUT2D eigenvalue weighted by atomic mass is 35.5. The molecule has 1 amide bonds. The van der Waals surface area contributed by atoms with E-state index in [4.69, 9.17) is 28.9 Å². The average Bonchev–Trinajstić information content (AvgIpc) is 2.66. The molecular weight excluding hydrogens is 452 g/mol. The number of phenolic OH excluding ortho intramolecular Hbond substituents is 1. The second-order valence-electron chi connectivity index (χ2n) is 7.14. The van der Waals surface area contributed by atoms with Crippen LogP contribution in [0.4, 0.5) is 13.2 Å². The van der Waals surface area contributed by atoms with Gasteiger partial charge in [0.2, 0.25) is 6.10 Å². The van der Waals surface area contributed by atoms with Gasteiger partial charge in [0, 0.05) is 30.8 Å². The number of rotatable bonds is 5. The fraction of sp³-hybridized carbons (Fsp3) is 0.556. The van der Waals surface area contributed by atoms with Crippen LogP contribution >= 0.6 is 23.2 Å². The maximum absolute atomic E-state index is 12.4. The number of nitrogens with two attached hydrogens (primary N) is 1. The van der Waals surface area contributed by atoms with Crippen LogP contribution in [0, 0.1) is 11.8 Å². The van der Waals surface area contributed by atoms with E-state index in [0.29, 0.717) is 12.0 Å². The Balaban J connectivity index is 2.08. The molecule has 12 heteroatoms. The molecule has 1 aromatic carbocycles. The lowest BCUT2D eigenvalue weighted by Gasteiger charge is -2.40. The summed E-state index contributed by atoms with van der Waals surface area (Å²) < 4.78 is 41.2. The van der Waals surface area contributed by atoms with Gasteiger partial charge in [-0.25, -0.2) is 4.79 Å². The molecule has 2 rings (SSSR count). The molecule has 1 saturated heterocycles. The molecule has 0 spiro atoms. The molecule has 0 aliphatic carbocycles. The lowest BCUT2D eigenvalue weighted by Crippen LogP contribution is -2.51. The van der Waals surface area contributed by atoms with E-state index in [0.717, 1.165) is 0 Å². The quantitative estimate of drug-likeness (QED) is 0.567. The molecule has 0 radical (unpaired) electrons. The van der Waals surface area contributed by atoms with Gasteiger partial charge in [-0.15, -0.1) is 0 Å². The van der Waals surface area contributed by atoms with Crippen molar-refractivity contribution in [3.05, 3.63) is 27.7 Å². The molecule has 1 heterocycles. The fourth-order valence-corrected chi connectivity index (χ4v) is 3.84. The summed E-state index contributed by atoms with van der Waals surface area (Å²) in [5, 5.41) is 19.7. The zero-order valence-corrected chi connectivity index (χ0v) is 17.3. The molecular formula is C18H21Cl2F3N2O5. The number of aromatic hydroxyl groups is 1. The maximum Gasteiger partial charge on any atom is 0.490 e. The number of likely N-dealkylation sites (tertiary alicyclic amines) is 1. The van der Waals surface area contributed by atoms with Crippen molar-refractivity contribution in [3.63, 3.8) is 0 Å². The third-order valence-corrected chi connectivity index (χ3v) is 5.82. The van der Waals surface area contributed by atoms with Crippen LogP contribution in [0.15, 0.2) is 12.1 Å². The summed E-state index contributed by atoms with van der Waals surface area (Å²) in [4.78, 5) is 24.6. The van der Waals surface area contributed by atoms with Crippen molar-refractivity contribution in [3.8, 4) is 5.75 Å². The Kier molecular flexibility index (Phi) is 7.84. The van der Waals surface area contributed by atoms with Crippen LogP contribution in [0.3, 0.4) is 0 Å². The number of aliphatic hydroxyl groups excluding tert-OH is 1. The van der Waals surface area contributed by atoms with Crippen molar-refractivity contribution in [2.45, 2.75) is 31.7 Å². The van der Waals surface area contributed by atoms with Crippen LogP contribution in [-0.2, 0) is 14.3 Å². The monoisotopic (exact) mass is 472 g/mol. The smallest absolute Gasteiger partial charge is 0.490 e. The molecule has 4 N–H and O–H groups in total. The predicted octanol–water partition coefficient (Wildman–Crippen LogP) is 2.65. The zero-order chi connectivity index (χ0) is 22.8. The molecule has 0 bridgehead atoms. The first-order valence-corrected chi connectivity index (χ1v) is 9.73. The molecule has 1 aliphatic rings. The molecule has 4 atom stereocenters. The number of hydrogen-bond acceptors (Lipinski definition) is 6. The molecule has 7 nitrogen and oxygen atoms in total. The molecule has 1 aromatic rings. The van der Waals surface area contributed by atoms with E-state index in [9.17, 15) is 33.0 Å². The zero-order valence-electron chi connectivity index (χ0n) is 15.8. The van der Waals surface area contributed by atoms with Crippen molar-refractivity contribution >= 4 is 35.1 Å².